The molecule has 2 aliphatic rings. The summed E-state index contributed by atoms with van der Waals surface area (Å²) in [7, 11) is 0. The van der Waals surface area contributed by atoms with Crippen molar-refractivity contribution in [3.63, 3.8) is 0 Å². The van der Waals surface area contributed by atoms with E-state index in [2.05, 4.69) is 30.8 Å². The highest BCUT2D eigenvalue weighted by atomic mass is 16.5. The molecule has 7 heteroatoms. The second-order valence-corrected chi connectivity index (χ2v) is 8.53. The Morgan fingerprint density at radius 2 is 1.96 bits per heavy atom. The molecule has 0 saturated carbocycles. The van der Waals surface area contributed by atoms with Crippen molar-refractivity contribution in [3.8, 4) is 0 Å². The molecule has 3 heterocycles. The summed E-state index contributed by atoms with van der Waals surface area (Å²) in [6.45, 7) is 13.3. The molecule has 1 atom stereocenters. The standard InChI is InChI=1S/C19H30N4O3/c1-14(24)22-7-8-26-16(13-22)12-21-9-15(10-21)11-23-18(25)6-5-17(20-23)19(2,3)4/h5-6,15-16H,7-13H2,1-4H3. The van der Waals surface area contributed by atoms with E-state index < -0.39 is 0 Å². The summed E-state index contributed by atoms with van der Waals surface area (Å²) in [6.07, 6.45) is 0.0821. The third kappa shape index (κ3) is 4.51. The third-order valence-electron chi connectivity index (χ3n) is 5.14. The lowest BCUT2D eigenvalue weighted by Gasteiger charge is -2.43. The van der Waals surface area contributed by atoms with Crippen LogP contribution in [0.2, 0.25) is 0 Å². The Balaban J connectivity index is 1.50. The molecule has 1 aromatic heterocycles. The number of aromatic nitrogens is 2. The van der Waals surface area contributed by atoms with Crippen LogP contribution in [0.25, 0.3) is 0 Å². The third-order valence-corrected chi connectivity index (χ3v) is 5.14. The van der Waals surface area contributed by atoms with E-state index in [1.165, 1.54) is 0 Å². The first-order valence-electron chi connectivity index (χ1n) is 9.40. The van der Waals surface area contributed by atoms with Crippen LogP contribution in [0.15, 0.2) is 16.9 Å². The Kier molecular flexibility index (Phi) is 5.48. The van der Waals surface area contributed by atoms with Crippen molar-refractivity contribution in [3.05, 3.63) is 28.2 Å². The molecule has 7 nitrogen and oxygen atoms in total. The number of carbonyl (C=O) groups is 1. The number of hydrogen-bond acceptors (Lipinski definition) is 5. The zero-order valence-electron chi connectivity index (χ0n) is 16.3. The molecule has 0 spiro atoms. The van der Waals surface area contributed by atoms with Crippen LogP contribution >= 0.6 is 0 Å². The molecule has 0 radical (unpaired) electrons. The molecule has 144 valence electrons. The van der Waals surface area contributed by atoms with E-state index in [0.717, 1.165) is 25.3 Å². The number of likely N-dealkylation sites (tertiary alicyclic amines) is 1. The smallest absolute Gasteiger partial charge is 0.266 e. The number of morpholine rings is 1. The minimum Gasteiger partial charge on any atom is -0.373 e. The van der Waals surface area contributed by atoms with Crippen LogP contribution in [0.5, 0.6) is 0 Å². The van der Waals surface area contributed by atoms with Gasteiger partial charge in [0.1, 0.15) is 0 Å². The summed E-state index contributed by atoms with van der Waals surface area (Å²) in [5.41, 5.74) is 0.833. The summed E-state index contributed by atoms with van der Waals surface area (Å²) < 4.78 is 7.40. The molecule has 0 aromatic carbocycles. The number of ether oxygens (including phenoxy) is 1. The highest BCUT2D eigenvalue weighted by Gasteiger charge is 2.32. The summed E-state index contributed by atoms with van der Waals surface area (Å²) >= 11 is 0. The second-order valence-electron chi connectivity index (χ2n) is 8.53. The predicted molar refractivity (Wildman–Crippen MR) is 99.1 cm³/mol. The van der Waals surface area contributed by atoms with Gasteiger partial charge in [-0.3, -0.25) is 14.5 Å². The maximum atomic E-state index is 12.1. The Labute approximate surface area is 154 Å². The van der Waals surface area contributed by atoms with Gasteiger partial charge in [0.25, 0.3) is 5.56 Å². The van der Waals surface area contributed by atoms with E-state index in [4.69, 9.17) is 4.74 Å². The van der Waals surface area contributed by atoms with Crippen LogP contribution in [0.1, 0.15) is 33.4 Å². The summed E-state index contributed by atoms with van der Waals surface area (Å²) in [5.74, 6) is 0.548. The van der Waals surface area contributed by atoms with Gasteiger partial charge in [-0.05, 0) is 6.07 Å². The van der Waals surface area contributed by atoms with Crippen molar-refractivity contribution in [2.45, 2.75) is 45.8 Å². The van der Waals surface area contributed by atoms with Crippen molar-refractivity contribution in [1.82, 2.24) is 19.6 Å². The molecule has 26 heavy (non-hydrogen) atoms. The first-order valence-corrected chi connectivity index (χ1v) is 9.40. The van der Waals surface area contributed by atoms with Gasteiger partial charge in [-0.2, -0.15) is 5.10 Å². The van der Waals surface area contributed by atoms with Crippen LogP contribution in [-0.2, 0) is 21.5 Å². The molecule has 2 aliphatic heterocycles. The first-order chi connectivity index (χ1) is 12.2. The summed E-state index contributed by atoms with van der Waals surface area (Å²) in [6, 6.07) is 3.45. The van der Waals surface area contributed by atoms with Crippen LogP contribution in [0, 0.1) is 5.92 Å². The number of rotatable bonds is 4. The van der Waals surface area contributed by atoms with Gasteiger partial charge in [0.05, 0.1) is 24.9 Å². The Bertz CT molecular complexity index is 703. The average Bonchev–Trinajstić information content (AvgIpc) is 2.53. The zero-order valence-corrected chi connectivity index (χ0v) is 16.3. The molecular formula is C19H30N4O3. The lowest BCUT2D eigenvalue weighted by molar-refractivity contribution is -0.138. The van der Waals surface area contributed by atoms with Crippen molar-refractivity contribution in [1.29, 1.82) is 0 Å². The minimum atomic E-state index is -0.0675. The van der Waals surface area contributed by atoms with E-state index in [1.54, 1.807) is 17.7 Å². The Morgan fingerprint density at radius 3 is 2.62 bits per heavy atom. The predicted octanol–water partition coefficient (Wildman–Crippen LogP) is 0.720. The van der Waals surface area contributed by atoms with E-state index >= 15 is 0 Å². The highest BCUT2D eigenvalue weighted by Crippen LogP contribution is 2.21. The van der Waals surface area contributed by atoms with Crippen LogP contribution in [0.4, 0.5) is 0 Å². The van der Waals surface area contributed by atoms with Gasteiger partial charge >= 0.3 is 0 Å². The van der Waals surface area contributed by atoms with Gasteiger partial charge < -0.3 is 9.64 Å². The highest BCUT2D eigenvalue weighted by molar-refractivity contribution is 5.73. The maximum absolute atomic E-state index is 12.1. The largest absolute Gasteiger partial charge is 0.373 e. The van der Waals surface area contributed by atoms with Gasteiger partial charge in [-0.15, -0.1) is 0 Å². The van der Waals surface area contributed by atoms with Gasteiger partial charge in [0, 0.05) is 57.0 Å². The molecular weight excluding hydrogens is 332 g/mol. The quantitative estimate of drug-likeness (QED) is 0.790. The van der Waals surface area contributed by atoms with Crippen LogP contribution < -0.4 is 5.56 Å². The van der Waals surface area contributed by atoms with Gasteiger partial charge in [0.15, 0.2) is 0 Å². The minimum absolute atomic E-state index is 0.0378. The van der Waals surface area contributed by atoms with Crippen LogP contribution in [0.3, 0.4) is 0 Å². The average molecular weight is 362 g/mol. The van der Waals surface area contributed by atoms with Gasteiger partial charge in [0.2, 0.25) is 5.91 Å². The lowest BCUT2D eigenvalue weighted by atomic mass is 9.92. The molecule has 0 N–H and O–H groups in total. The van der Waals surface area contributed by atoms with Crippen LogP contribution in [-0.4, -0.2) is 70.9 Å². The molecule has 2 fully saturated rings. The second kappa shape index (κ2) is 7.48. The zero-order chi connectivity index (χ0) is 18.9. The molecule has 0 aliphatic carbocycles. The van der Waals surface area contributed by atoms with E-state index in [0.29, 0.717) is 32.2 Å². The van der Waals surface area contributed by atoms with E-state index in [-0.39, 0.29) is 23.0 Å². The number of hydrogen-bond donors (Lipinski definition) is 0. The number of amides is 1. The molecule has 1 amide bonds. The Hall–Kier alpha value is -1.73. The van der Waals surface area contributed by atoms with E-state index in [1.807, 2.05) is 11.0 Å². The molecule has 1 aromatic rings. The topological polar surface area (TPSA) is 67.7 Å². The van der Waals surface area contributed by atoms with Crippen molar-refractivity contribution in [2.24, 2.45) is 5.92 Å². The molecule has 0 bridgehead atoms. The number of nitrogens with zero attached hydrogens (tertiary/aromatic N) is 4. The normalized spacial score (nSPS) is 22.3. The maximum Gasteiger partial charge on any atom is 0.266 e. The fraction of sp³-hybridized carbons (Fsp3) is 0.737. The summed E-state index contributed by atoms with van der Waals surface area (Å²) in [4.78, 5) is 27.8. The van der Waals surface area contributed by atoms with Crippen molar-refractivity contribution in [2.75, 3.05) is 39.3 Å². The fourth-order valence-corrected chi connectivity index (χ4v) is 3.57. The van der Waals surface area contributed by atoms with Crippen molar-refractivity contribution < 1.29 is 9.53 Å². The van der Waals surface area contributed by atoms with Gasteiger partial charge in [-0.25, -0.2) is 4.68 Å². The monoisotopic (exact) mass is 362 g/mol. The summed E-state index contributed by atoms with van der Waals surface area (Å²) in [5, 5.41) is 4.55. The van der Waals surface area contributed by atoms with E-state index in [9.17, 15) is 9.59 Å². The SMILES string of the molecule is CC(=O)N1CCOC(CN2CC(Cn3nc(C(C)(C)C)ccc3=O)C2)C1. The first kappa shape index (κ1) is 19.0. The molecule has 3 rings (SSSR count). The number of carbonyl (C=O) groups excluding carboxylic acids is 1. The van der Waals surface area contributed by atoms with Crippen molar-refractivity contribution >= 4 is 5.91 Å². The lowest BCUT2D eigenvalue weighted by Crippen LogP contribution is -2.55. The Morgan fingerprint density at radius 1 is 1.23 bits per heavy atom. The molecule has 2 saturated heterocycles. The fourth-order valence-electron chi connectivity index (χ4n) is 3.57. The van der Waals surface area contributed by atoms with Gasteiger partial charge in [-0.1, -0.05) is 20.8 Å². The molecule has 1 unspecified atom stereocenters.